The van der Waals surface area contributed by atoms with Gasteiger partial charge in [-0.25, -0.2) is 0 Å². The predicted octanol–water partition coefficient (Wildman–Crippen LogP) is 3.73. The lowest BCUT2D eigenvalue weighted by Crippen LogP contribution is -2.33. The van der Waals surface area contributed by atoms with Crippen molar-refractivity contribution < 1.29 is 0 Å². The highest BCUT2D eigenvalue weighted by Crippen LogP contribution is 2.40. The van der Waals surface area contributed by atoms with Gasteiger partial charge in [-0.15, -0.1) is 0 Å². The van der Waals surface area contributed by atoms with Crippen LogP contribution in [0.5, 0.6) is 0 Å². The Morgan fingerprint density at radius 2 is 2.11 bits per heavy atom. The normalized spacial score (nSPS) is 17.2. The molecule has 0 aliphatic heterocycles. The fraction of sp³-hybridized carbons (Fsp3) is 0.438. The highest BCUT2D eigenvalue weighted by atomic mass is 14.9. The number of anilines is 2. The van der Waals surface area contributed by atoms with Crippen LogP contribution < -0.4 is 11.1 Å². The fourth-order valence-corrected chi connectivity index (χ4v) is 2.79. The van der Waals surface area contributed by atoms with E-state index in [1.807, 2.05) is 25.1 Å². The van der Waals surface area contributed by atoms with Crippen LogP contribution in [0.4, 0.5) is 11.4 Å². The second kappa shape index (κ2) is 4.41. The summed E-state index contributed by atoms with van der Waals surface area (Å²) in [6.07, 6.45) is 4.01. The van der Waals surface area contributed by atoms with E-state index in [0.29, 0.717) is 5.41 Å². The van der Waals surface area contributed by atoms with E-state index < -0.39 is 0 Å². The molecule has 1 heterocycles. The monoisotopic (exact) mass is 255 g/mol. The molecule has 3 nitrogen and oxygen atoms in total. The second-order valence-electron chi connectivity index (χ2n) is 6.11. The van der Waals surface area contributed by atoms with Gasteiger partial charge >= 0.3 is 0 Å². The number of aromatic nitrogens is 1. The van der Waals surface area contributed by atoms with E-state index in [0.717, 1.165) is 34.5 Å². The maximum Gasteiger partial charge on any atom is 0.0727 e. The first kappa shape index (κ1) is 12.3. The van der Waals surface area contributed by atoms with E-state index in [1.54, 1.807) is 0 Å². The Bertz CT molecular complexity index is 615. The molecule has 0 bridgehead atoms. The minimum absolute atomic E-state index is 0.462. The van der Waals surface area contributed by atoms with Crippen molar-refractivity contribution >= 4 is 22.3 Å². The lowest BCUT2D eigenvalue weighted by Gasteiger charge is -2.38. The molecule has 1 aromatic heterocycles. The van der Waals surface area contributed by atoms with Crippen LogP contribution in [0.1, 0.15) is 31.9 Å². The van der Waals surface area contributed by atoms with Crippen LogP contribution in [0.2, 0.25) is 0 Å². The molecule has 1 fully saturated rings. The van der Waals surface area contributed by atoms with E-state index in [4.69, 9.17) is 5.73 Å². The number of nitrogens with two attached hydrogens (primary N) is 1. The number of pyridine rings is 1. The van der Waals surface area contributed by atoms with E-state index in [-0.39, 0.29) is 0 Å². The van der Waals surface area contributed by atoms with Gasteiger partial charge in [0.1, 0.15) is 0 Å². The van der Waals surface area contributed by atoms with Crippen LogP contribution in [0, 0.1) is 12.3 Å². The summed E-state index contributed by atoms with van der Waals surface area (Å²) in [6, 6.07) is 8.02. The maximum atomic E-state index is 5.89. The number of hydrogen-bond donors (Lipinski definition) is 2. The van der Waals surface area contributed by atoms with Crippen molar-refractivity contribution in [3.05, 3.63) is 30.0 Å². The summed E-state index contributed by atoms with van der Waals surface area (Å²) in [5.41, 5.74) is 10.4. The van der Waals surface area contributed by atoms with Gasteiger partial charge in [0.25, 0.3) is 0 Å². The number of benzene rings is 1. The summed E-state index contributed by atoms with van der Waals surface area (Å²) < 4.78 is 0. The standard InChI is InChI=1S/C16H21N3/c1-11-8-15(18-10-16(2)6-3-7-16)13-9-12(17)4-5-14(13)19-11/h4-5,8-9H,3,6-7,10,17H2,1-2H3,(H,18,19). The number of nitrogens with zero attached hydrogens (tertiary/aromatic N) is 1. The Morgan fingerprint density at radius 1 is 1.32 bits per heavy atom. The van der Waals surface area contributed by atoms with Crippen molar-refractivity contribution in [3.63, 3.8) is 0 Å². The lowest BCUT2D eigenvalue weighted by atomic mass is 9.70. The van der Waals surface area contributed by atoms with E-state index in [9.17, 15) is 0 Å². The Labute approximate surface area is 114 Å². The molecule has 0 spiro atoms. The number of fused-ring (bicyclic) bond motifs is 1. The Kier molecular flexibility index (Phi) is 2.85. The van der Waals surface area contributed by atoms with Crippen LogP contribution in [-0.2, 0) is 0 Å². The molecule has 1 aliphatic rings. The molecule has 3 N–H and O–H groups in total. The molecule has 3 heteroatoms. The minimum atomic E-state index is 0.462. The van der Waals surface area contributed by atoms with Crippen LogP contribution in [0.3, 0.4) is 0 Å². The average molecular weight is 255 g/mol. The first-order valence-electron chi connectivity index (χ1n) is 6.97. The zero-order valence-corrected chi connectivity index (χ0v) is 11.7. The number of hydrogen-bond acceptors (Lipinski definition) is 3. The molecular formula is C16H21N3. The average Bonchev–Trinajstić information content (AvgIpc) is 2.34. The topological polar surface area (TPSA) is 50.9 Å². The molecule has 0 radical (unpaired) electrons. The zero-order valence-electron chi connectivity index (χ0n) is 11.7. The molecule has 1 aromatic carbocycles. The number of nitrogens with one attached hydrogen (secondary N) is 1. The van der Waals surface area contributed by atoms with Gasteiger partial charge in [-0.1, -0.05) is 13.3 Å². The third kappa shape index (κ3) is 2.37. The molecule has 1 saturated carbocycles. The molecular weight excluding hydrogens is 234 g/mol. The Balaban J connectivity index is 1.94. The molecule has 2 aromatic rings. The van der Waals surface area contributed by atoms with Crippen molar-refractivity contribution in [1.82, 2.24) is 4.98 Å². The quantitative estimate of drug-likeness (QED) is 0.822. The van der Waals surface area contributed by atoms with E-state index in [2.05, 4.69) is 23.3 Å². The highest BCUT2D eigenvalue weighted by Gasteiger charge is 2.31. The van der Waals surface area contributed by atoms with Crippen LogP contribution in [-0.4, -0.2) is 11.5 Å². The summed E-state index contributed by atoms with van der Waals surface area (Å²) in [4.78, 5) is 4.56. The Hall–Kier alpha value is -1.77. The third-order valence-corrected chi connectivity index (χ3v) is 4.23. The second-order valence-corrected chi connectivity index (χ2v) is 6.11. The van der Waals surface area contributed by atoms with Gasteiger partial charge in [-0.2, -0.15) is 0 Å². The maximum absolute atomic E-state index is 5.89. The molecule has 0 saturated heterocycles. The highest BCUT2D eigenvalue weighted by molar-refractivity contribution is 5.93. The van der Waals surface area contributed by atoms with E-state index >= 15 is 0 Å². The zero-order chi connectivity index (χ0) is 13.5. The Morgan fingerprint density at radius 3 is 2.79 bits per heavy atom. The summed E-state index contributed by atoms with van der Waals surface area (Å²) in [5.74, 6) is 0. The number of aryl methyl sites for hydroxylation is 1. The van der Waals surface area contributed by atoms with Gasteiger partial charge in [0, 0.05) is 29.0 Å². The van der Waals surface area contributed by atoms with Crippen LogP contribution in [0.15, 0.2) is 24.3 Å². The predicted molar refractivity (Wildman–Crippen MR) is 81.3 cm³/mol. The molecule has 1 aliphatic carbocycles. The molecule has 100 valence electrons. The smallest absolute Gasteiger partial charge is 0.0727 e. The van der Waals surface area contributed by atoms with Crippen molar-refractivity contribution in [2.45, 2.75) is 33.1 Å². The van der Waals surface area contributed by atoms with Crippen molar-refractivity contribution in [3.8, 4) is 0 Å². The lowest BCUT2D eigenvalue weighted by molar-refractivity contribution is 0.180. The minimum Gasteiger partial charge on any atom is -0.399 e. The fourth-order valence-electron chi connectivity index (χ4n) is 2.79. The van der Waals surface area contributed by atoms with Gasteiger partial charge in [0.05, 0.1) is 5.52 Å². The molecule has 0 amide bonds. The molecule has 0 unspecified atom stereocenters. The summed E-state index contributed by atoms with van der Waals surface area (Å²) in [7, 11) is 0. The summed E-state index contributed by atoms with van der Waals surface area (Å²) in [5, 5.41) is 4.72. The molecule has 0 atom stereocenters. The summed E-state index contributed by atoms with van der Waals surface area (Å²) >= 11 is 0. The van der Waals surface area contributed by atoms with Crippen LogP contribution in [0.25, 0.3) is 10.9 Å². The summed E-state index contributed by atoms with van der Waals surface area (Å²) in [6.45, 7) is 5.42. The first-order chi connectivity index (χ1) is 9.06. The van der Waals surface area contributed by atoms with Gasteiger partial charge in [-0.3, -0.25) is 4.98 Å². The van der Waals surface area contributed by atoms with Crippen LogP contribution >= 0.6 is 0 Å². The van der Waals surface area contributed by atoms with Crippen molar-refractivity contribution in [1.29, 1.82) is 0 Å². The number of rotatable bonds is 3. The third-order valence-electron chi connectivity index (χ3n) is 4.23. The van der Waals surface area contributed by atoms with Gasteiger partial charge < -0.3 is 11.1 Å². The van der Waals surface area contributed by atoms with Crippen molar-refractivity contribution in [2.75, 3.05) is 17.6 Å². The molecule has 19 heavy (non-hydrogen) atoms. The van der Waals surface area contributed by atoms with Gasteiger partial charge in [0.15, 0.2) is 0 Å². The largest absolute Gasteiger partial charge is 0.399 e. The van der Waals surface area contributed by atoms with Gasteiger partial charge in [0.2, 0.25) is 0 Å². The SMILES string of the molecule is Cc1cc(NCC2(C)CCC2)c2cc(N)ccc2n1. The molecule has 3 rings (SSSR count). The van der Waals surface area contributed by atoms with Crippen molar-refractivity contribution in [2.24, 2.45) is 5.41 Å². The first-order valence-corrected chi connectivity index (χ1v) is 6.97. The number of nitrogen functional groups attached to an aromatic ring is 1. The van der Waals surface area contributed by atoms with E-state index in [1.165, 1.54) is 19.3 Å². The van der Waals surface area contributed by atoms with Gasteiger partial charge in [-0.05, 0) is 49.4 Å².